The summed E-state index contributed by atoms with van der Waals surface area (Å²) in [5.41, 5.74) is 3.98. The van der Waals surface area contributed by atoms with Crippen molar-refractivity contribution in [3.63, 3.8) is 0 Å². The standard InChI is InChI=1S/C27H31N3O2/c1-28-16-15-26(22-10-4-3-5-11-22)32-23-12-8-9-21(19-23)20-30-18-17-29(2)25-14-7-6-13-24(25)27(30)31/h3-14,19,26,28H,15-18,20H2,1-2H3. The van der Waals surface area contributed by atoms with Crippen LogP contribution in [0.2, 0.25) is 0 Å². The molecule has 3 aromatic rings. The van der Waals surface area contributed by atoms with Gasteiger partial charge in [-0.05, 0) is 49.0 Å². The Balaban J connectivity index is 1.51. The summed E-state index contributed by atoms with van der Waals surface area (Å²) in [6, 6.07) is 26.3. The number of anilines is 1. The normalized spacial score (nSPS) is 14.6. The molecule has 1 amide bonds. The number of amides is 1. The van der Waals surface area contributed by atoms with E-state index in [-0.39, 0.29) is 12.0 Å². The van der Waals surface area contributed by atoms with Crippen molar-refractivity contribution in [1.29, 1.82) is 0 Å². The molecule has 0 aliphatic carbocycles. The summed E-state index contributed by atoms with van der Waals surface area (Å²) < 4.78 is 6.41. The lowest BCUT2D eigenvalue weighted by atomic mass is 10.1. The minimum absolute atomic E-state index is 0.0285. The van der Waals surface area contributed by atoms with E-state index in [1.807, 2.05) is 73.6 Å². The Kier molecular flexibility index (Phi) is 7.07. The molecule has 1 atom stereocenters. The smallest absolute Gasteiger partial charge is 0.256 e. The van der Waals surface area contributed by atoms with Gasteiger partial charge in [0.1, 0.15) is 11.9 Å². The zero-order valence-corrected chi connectivity index (χ0v) is 18.8. The molecule has 1 N–H and O–H groups in total. The number of fused-ring (bicyclic) bond motifs is 1. The molecule has 0 aromatic heterocycles. The molecule has 0 spiro atoms. The lowest BCUT2D eigenvalue weighted by Crippen LogP contribution is -2.33. The summed E-state index contributed by atoms with van der Waals surface area (Å²) in [5, 5.41) is 3.21. The number of carbonyl (C=O) groups excluding carboxylic acids is 1. The summed E-state index contributed by atoms with van der Waals surface area (Å²) in [4.78, 5) is 17.3. The maximum Gasteiger partial charge on any atom is 0.256 e. The minimum atomic E-state index is -0.0285. The summed E-state index contributed by atoms with van der Waals surface area (Å²) in [6.45, 7) is 2.92. The molecule has 0 bridgehead atoms. The number of benzene rings is 3. The van der Waals surface area contributed by atoms with Gasteiger partial charge >= 0.3 is 0 Å². The second kappa shape index (κ2) is 10.3. The third-order valence-corrected chi connectivity index (χ3v) is 5.92. The van der Waals surface area contributed by atoms with Crippen molar-refractivity contribution in [2.75, 3.05) is 38.6 Å². The Bertz CT molecular complexity index is 1040. The van der Waals surface area contributed by atoms with Crippen LogP contribution < -0.4 is 15.0 Å². The Morgan fingerprint density at radius 1 is 0.969 bits per heavy atom. The first-order valence-electron chi connectivity index (χ1n) is 11.2. The number of likely N-dealkylation sites (N-methyl/N-ethyl adjacent to an activating group) is 1. The van der Waals surface area contributed by atoms with Crippen LogP contribution in [0.1, 0.15) is 34.0 Å². The van der Waals surface area contributed by atoms with Gasteiger partial charge in [0.2, 0.25) is 0 Å². The van der Waals surface area contributed by atoms with Crippen LogP contribution in [0.25, 0.3) is 0 Å². The van der Waals surface area contributed by atoms with Gasteiger partial charge in [0.05, 0.1) is 5.56 Å². The number of hydrogen-bond acceptors (Lipinski definition) is 4. The van der Waals surface area contributed by atoms with E-state index < -0.39 is 0 Å². The molecule has 0 saturated heterocycles. The third-order valence-electron chi connectivity index (χ3n) is 5.92. The second-order valence-corrected chi connectivity index (χ2v) is 8.22. The molecule has 0 saturated carbocycles. The van der Waals surface area contributed by atoms with Crippen molar-refractivity contribution in [1.82, 2.24) is 10.2 Å². The summed E-state index contributed by atoms with van der Waals surface area (Å²) >= 11 is 0. The first-order chi connectivity index (χ1) is 15.7. The number of nitrogens with zero attached hydrogens (tertiary/aromatic N) is 2. The lowest BCUT2D eigenvalue weighted by molar-refractivity contribution is 0.0754. The van der Waals surface area contributed by atoms with Crippen molar-refractivity contribution in [2.24, 2.45) is 0 Å². The van der Waals surface area contributed by atoms with Crippen LogP contribution in [-0.2, 0) is 6.54 Å². The van der Waals surface area contributed by atoms with Crippen LogP contribution in [0.5, 0.6) is 5.75 Å². The predicted molar refractivity (Wildman–Crippen MR) is 129 cm³/mol. The number of ether oxygens (including phenoxy) is 1. The van der Waals surface area contributed by atoms with Crippen molar-refractivity contribution in [2.45, 2.75) is 19.1 Å². The average molecular weight is 430 g/mol. The molecule has 5 nitrogen and oxygen atoms in total. The van der Waals surface area contributed by atoms with Crippen LogP contribution in [0.4, 0.5) is 5.69 Å². The molecular formula is C27H31N3O2. The maximum absolute atomic E-state index is 13.2. The molecule has 0 fully saturated rings. The Hall–Kier alpha value is -3.31. The summed E-state index contributed by atoms with van der Waals surface area (Å²) in [7, 11) is 4.00. The van der Waals surface area contributed by atoms with Gasteiger partial charge in [0, 0.05) is 38.8 Å². The van der Waals surface area contributed by atoms with E-state index in [0.29, 0.717) is 13.1 Å². The lowest BCUT2D eigenvalue weighted by Gasteiger charge is -2.23. The number of hydrogen-bond donors (Lipinski definition) is 1. The van der Waals surface area contributed by atoms with Crippen molar-refractivity contribution in [3.05, 3.63) is 95.6 Å². The van der Waals surface area contributed by atoms with E-state index in [4.69, 9.17) is 4.74 Å². The number of rotatable bonds is 8. The number of carbonyl (C=O) groups is 1. The maximum atomic E-state index is 13.2. The molecule has 32 heavy (non-hydrogen) atoms. The van der Waals surface area contributed by atoms with Gasteiger partial charge < -0.3 is 19.9 Å². The highest BCUT2D eigenvalue weighted by molar-refractivity contribution is 6.00. The molecular weight excluding hydrogens is 398 g/mol. The Morgan fingerprint density at radius 2 is 1.75 bits per heavy atom. The fraction of sp³-hybridized carbons (Fsp3) is 0.296. The first-order valence-corrected chi connectivity index (χ1v) is 11.2. The van der Waals surface area contributed by atoms with Gasteiger partial charge in [-0.15, -0.1) is 0 Å². The van der Waals surface area contributed by atoms with Crippen LogP contribution in [0.3, 0.4) is 0 Å². The van der Waals surface area contributed by atoms with Crippen molar-refractivity contribution in [3.8, 4) is 5.75 Å². The SMILES string of the molecule is CNCCC(Oc1cccc(CN2CCN(C)c3ccccc3C2=O)c1)c1ccccc1. The number of nitrogens with one attached hydrogen (secondary N) is 1. The van der Waals surface area contributed by atoms with Crippen LogP contribution in [0, 0.1) is 0 Å². The van der Waals surface area contributed by atoms with Crippen LogP contribution >= 0.6 is 0 Å². The van der Waals surface area contributed by atoms with E-state index in [1.54, 1.807) is 0 Å². The highest BCUT2D eigenvalue weighted by Crippen LogP contribution is 2.27. The molecule has 1 unspecified atom stereocenters. The highest BCUT2D eigenvalue weighted by Gasteiger charge is 2.24. The minimum Gasteiger partial charge on any atom is -0.486 e. The quantitative estimate of drug-likeness (QED) is 0.572. The zero-order chi connectivity index (χ0) is 22.3. The largest absolute Gasteiger partial charge is 0.486 e. The van der Waals surface area contributed by atoms with Gasteiger partial charge in [-0.1, -0.05) is 54.6 Å². The fourth-order valence-corrected chi connectivity index (χ4v) is 4.14. The molecule has 5 heteroatoms. The highest BCUT2D eigenvalue weighted by atomic mass is 16.5. The zero-order valence-electron chi connectivity index (χ0n) is 18.8. The molecule has 3 aromatic carbocycles. The summed E-state index contributed by atoms with van der Waals surface area (Å²) in [5.74, 6) is 0.902. The second-order valence-electron chi connectivity index (χ2n) is 8.22. The Labute approximate surface area is 190 Å². The van der Waals surface area contributed by atoms with Crippen molar-refractivity contribution >= 4 is 11.6 Å². The van der Waals surface area contributed by atoms with E-state index >= 15 is 0 Å². The van der Waals surface area contributed by atoms with Gasteiger partial charge in [-0.25, -0.2) is 0 Å². The van der Waals surface area contributed by atoms with Crippen LogP contribution in [-0.4, -0.2) is 44.5 Å². The van der Waals surface area contributed by atoms with Gasteiger partial charge in [0.25, 0.3) is 5.91 Å². The molecule has 166 valence electrons. The van der Waals surface area contributed by atoms with E-state index in [2.05, 4.69) is 34.5 Å². The molecule has 1 aliphatic heterocycles. The van der Waals surface area contributed by atoms with Gasteiger partial charge in [-0.3, -0.25) is 4.79 Å². The van der Waals surface area contributed by atoms with E-state index in [0.717, 1.165) is 47.6 Å². The third kappa shape index (κ3) is 5.11. The van der Waals surface area contributed by atoms with E-state index in [1.165, 1.54) is 0 Å². The van der Waals surface area contributed by atoms with E-state index in [9.17, 15) is 4.79 Å². The van der Waals surface area contributed by atoms with Gasteiger partial charge in [-0.2, -0.15) is 0 Å². The van der Waals surface area contributed by atoms with Gasteiger partial charge in [0.15, 0.2) is 0 Å². The fourth-order valence-electron chi connectivity index (χ4n) is 4.14. The molecule has 1 heterocycles. The monoisotopic (exact) mass is 429 g/mol. The first kappa shape index (κ1) is 21.9. The molecule has 1 aliphatic rings. The molecule has 4 rings (SSSR count). The van der Waals surface area contributed by atoms with Crippen molar-refractivity contribution < 1.29 is 9.53 Å². The van der Waals surface area contributed by atoms with Crippen LogP contribution in [0.15, 0.2) is 78.9 Å². The predicted octanol–water partition coefficient (Wildman–Crippen LogP) is 4.51. The number of para-hydroxylation sites is 1. The Morgan fingerprint density at radius 3 is 2.56 bits per heavy atom. The topological polar surface area (TPSA) is 44.8 Å². The average Bonchev–Trinajstić information content (AvgIpc) is 2.95. The molecule has 0 radical (unpaired) electrons. The summed E-state index contributed by atoms with van der Waals surface area (Å²) in [6.07, 6.45) is 0.845.